The van der Waals surface area contributed by atoms with Crippen LogP contribution in [0, 0.1) is 0 Å². The number of fused-ring (bicyclic) bond motifs is 3. The van der Waals surface area contributed by atoms with Gasteiger partial charge in [-0.1, -0.05) is 0 Å². The van der Waals surface area contributed by atoms with Crippen LogP contribution in [0.2, 0.25) is 0 Å². The SMILES string of the molecule is c1cnc(Nc2nc3c(s2)Cc2[nH]ncc2-3)nc1. The molecule has 0 atom stereocenters. The van der Waals surface area contributed by atoms with E-state index >= 15 is 0 Å². The average Bonchev–Trinajstić information content (AvgIpc) is 3.02. The maximum absolute atomic E-state index is 4.57. The minimum atomic E-state index is 0.567. The summed E-state index contributed by atoms with van der Waals surface area (Å²) in [6, 6.07) is 1.78. The molecule has 6 nitrogen and oxygen atoms in total. The fourth-order valence-electron chi connectivity index (χ4n) is 2.01. The Morgan fingerprint density at radius 1 is 1.28 bits per heavy atom. The number of anilines is 2. The summed E-state index contributed by atoms with van der Waals surface area (Å²) in [6.45, 7) is 0. The summed E-state index contributed by atoms with van der Waals surface area (Å²) in [5.74, 6) is 0.567. The molecule has 7 heteroatoms. The monoisotopic (exact) mass is 256 g/mol. The second-order valence-electron chi connectivity index (χ2n) is 3.93. The van der Waals surface area contributed by atoms with E-state index < -0.39 is 0 Å². The van der Waals surface area contributed by atoms with Gasteiger partial charge in [-0.3, -0.25) is 5.10 Å². The second-order valence-corrected chi connectivity index (χ2v) is 5.01. The lowest BCUT2D eigenvalue weighted by molar-refractivity contribution is 1.01. The van der Waals surface area contributed by atoms with Crippen LogP contribution in [0.3, 0.4) is 0 Å². The predicted molar refractivity (Wildman–Crippen MR) is 67.8 cm³/mol. The molecule has 0 bridgehead atoms. The zero-order valence-electron chi connectivity index (χ0n) is 9.21. The summed E-state index contributed by atoms with van der Waals surface area (Å²) < 4.78 is 0. The van der Waals surface area contributed by atoms with Crippen LogP contribution in [-0.2, 0) is 6.42 Å². The molecule has 3 aromatic heterocycles. The predicted octanol–water partition coefficient (Wildman–Crippen LogP) is 1.97. The number of hydrogen-bond acceptors (Lipinski definition) is 6. The van der Waals surface area contributed by atoms with Crippen molar-refractivity contribution in [3.63, 3.8) is 0 Å². The number of aromatic nitrogens is 5. The van der Waals surface area contributed by atoms with Crippen molar-refractivity contribution < 1.29 is 0 Å². The van der Waals surface area contributed by atoms with Crippen LogP contribution in [0.1, 0.15) is 10.6 Å². The molecule has 0 aliphatic heterocycles. The van der Waals surface area contributed by atoms with Gasteiger partial charge >= 0.3 is 0 Å². The van der Waals surface area contributed by atoms with E-state index in [9.17, 15) is 0 Å². The van der Waals surface area contributed by atoms with Crippen molar-refractivity contribution in [3.8, 4) is 11.3 Å². The molecule has 0 saturated carbocycles. The Balaban J connectivity index is 1.69. The molecule has 1 aliphatic rings. The number of aromatic amines is 1. The van der Waals surface area contributed by atoms with Crippen molar-refractivity contribution in [2.75, 3.05) is 5.32 Å². The molecule has 0 spiro atoms. The Bertz CT molecular complexity index is 701. The maximum Gasteiger partial charge on any atom is 0.228 e. The number of thiazole rings is 1. The Hall–Kier alpha value is -2.28. The normalized spacial score (nSPS) is 12.2. The molecule has 1 aliphatic carbocycles. The topological polar surface area (TPSA) is 79.4 Å². The van der Waals surface area contributed by atoms with Gasteiger partial charge in [-0.25, -0.2) is 15.0 Å². The van der Waals surface area contributed by atoms with Crippen molar-refractivity contribution in [1.82, 2.24) is 25.1 Å². The fraction of sp³-hybridized carbons (Fsp3) is 0.0909. The van der Waals surface area contributed by atoms with Gasteiger partial charge < -0.3 is 5.32 Å². The molecule has 0 aromatic carbocycles. The van der Waals surface area contributed by atoms with Crippen molar-refractivity contribution >= 4 is 22.4 Å². The highest BCUT2D eigenvalue weighted by atomic mass is 32.1. The Morgan fingerprint density at radius 2 is 2.17 bits per heavy atom. The van der Waals surface area contributed by atoms with Crippen LogP contribution >= 0.6 is 11.3 Å². The van der Waals surface area contributed by atoms with E-state index in [1.807, 2.05) is 6.20 Å². The standard InChI is InChI=1S/C11H8N6S/c1-2-12-10(13-3-1)16-11-15-9-6-5-14-17-7(6)4-8(9)18-11/h1-3,5H,4H2,(H,14,17)(H,12,13,15,16). The van der Waals surface area contributed by atoms with Gasteiger partial charge in [-0.05, 0) is 6.07 Å². The maximum atomic E-state index is 4.57. The highest BCUT2D eigenvalue weighted by Crippen LogP contribution is 2.40. The molecular formula is C11H8N6S. The van der Waals surface area contributed by atoms with E-state index in [1.165, 1.54) is 4.88 Å². The zero-order chi connectivity index (χ0) is 11.9. The van der Waals surface area contributed by atoms with Gasteiger partial charge in [0.2, 0.25) is 5.95 Å². The van der Waals surface area contributed by atoms with Gasteiger partial charge in [0.15, 0.2) is 5.13 Å². The van der Waals surface area contributed by atoms with Gasteiger partial charge in [0, 0.05) is 34.9 Å². The van der Waals surface area contributed by atoms with E-state index in [0.717, 1.165) is 28.5 Å². The van der Waals surface area contributed by atoms with Crippen molar-refractivity contribution in [3.05, 3.63) is 35.2 Å². The number of H-pyrrole nitrogens is 1. The second kappa shape index (κ2) is 3.61. The van der Waals surface area contributed by atoms with Crippen LogP contribution in [0.15, 0.2) is 24.7 Å². The molecule has 2 N–H and O–H groups in total. The fourth-order valence-corrected chi connectivity index (χ4v) is 2.99. The number of nitrogens with one attached hydrogen (secondary N) is 2. The molecule has 0 radical (unpaired) electrons. The number of hydrogen-bond donors (Lipinski definition) is 2. The molecule has 0 saturated heterocycles. The molecule has 3 heterocycles. The van der Waals surface area contributed by atoms with Gasteiger partial charge in [0.1, 0.15) is 0 Å². The van der Waals surface area contributed by atoms with Gasteiger partial charge in [-0.15, -0.1) is 11.3 Å². The summed E-state index contributed by atoms with van der Waals surface area (Å²) >= 11 is 1.63. The van der Waals surface area contributed by atoms with Crippen LogP contribution < -0.4 is 5.32 Å². The molecule has 18 heavy (non-hydrogen) atoms. The molecular weight excluding hydrogens is 248 g/mol. The summed E-state index contributed by atoms with van der Waals surface area (Å²) in [7, 11) is 0. The molecule has 0 unspecified atom stereocenters. The first kappa shape index (κ1) is 9.72. The first-order valence-electron chi connectivity index (χ1n) is 5.46. The summed E-state index contributed by atoms with van der Waals surface area (Å²) in [6.07, 6.45) is 6.10. The lowest BCUT2D eigenvalue weighted by Crippen LogP contribution is -1.94. The van der Waals surface area contributed by atoms with E-state index in [-0.39, 0.29) is 0 Å². The third-order valence-corrected chi connectivity index (χ3v) is 3.76. The van der Waals surface area contributed by atoms with E-state index in [4.69, 9.17) is 0 Å². The zero-order valence-corrected chi connectivity index (χ0v) is 10.0. The van der Waals surface area contributed by atoms with Crippen LogP contribution in [0.4, 0.5) is 11.1 Å². The molecule has 4 rings (SSSR count). The molecule has 0 fully saturated rings. The smallest absolute Gasteiger partial charge is 0.228 e. The van der Waals surface area contributed by atoms with E-state index in [0.29, 0.717) is 5.95 Å². The summed E-state index contributed by atoms with van der Waals surface area (Å²) in [4.78, 5) is 14.0. The lowest BCUT2D eigenvalue weighted by atomic mass is 10.3. The van der Waals surface area contributed by atoms with Crippen molar-refractivity contribution in [2.45, 2.75) is 6.42 Å². The minimum Gasteiger partial charge on any atom is -0.300 e. The number of nitrogens with zero attached hydrogens (tertiary/aromatic N) is 4. The Morgan fingerprint density at radius 3 is 3.06 bits per heavy atom. The Kier molecular flexibility index (Phi) is 1.95. The quantitative estimate of drug-likeness (QED) is 0.573. The Labute approximate surface area is 106 Å². The highest BCUT2D eigenvalue weighted by molar-refractivity contribution is 7.16. The average molecular weight is 256 g/mol. The number of rotatable bonds is 2. The lowest BCUT2D eigenvalue weighted by Gasteiger charge is -1.98. The molecule has 88 valence electrons. The first-order chi connectivity index (χ1) is 8.90. The van der Waals surface area contributed by atoms with Gasteiger partial charge in [0.05, 0.1) is 11.9 Å². The van der Waals surface area contributed by atoms with E-state index in [2.05, 4.69) is 30.5 Å². The van der Waals surface area contributed by atoms with Crippen molar-refractivity contribution in [1.29, 1.82) is 0 Å². The third kappa shape index (κ3) is 1.41. The van der Waals surface area contributed by atoms with Gasteiger partial charge in [0.25, 0.3) is 0 Å². The van der Waals surface area contributed by atoms with Crippen LogP contribution in [-0.4, -0.2) is 25.1 Å². The van der Waals surface area contributed by atoms with Crippen molar-refractivity contribution in [2.24, 2.45) is 0 Å². The first-order valence-corrected chi connectivity index (χ1v) is 6.28. The molecule has 0 amide bonds. The van der Waals surface area contributed by atoms with E-state index in [1.54, 1.807) is 29.8 Å². The minimum absolute atomic E-state index is 0.567. The largest absolute Gasteiger partial charge is 0.300 e. The third-order valence-electron chi connectivity index (χ3n) is 2.79. The van der Waals surface area contributed by atoms with Gasteiger partial charge in [-0.2, -0.15) is 5.10 Å². The summed E-state index contributed by atoms with van der Waals surface area (Å²) in [5.41, 5.74) is 3.26. The summed E-state index contributed by atoms with van der Waals surface area (Å²) in [5, 5.41) is 11.0. The van der Waals surface area contributed by atoms with Crippen LogP contribution in [0.5, 0.6) is 0 Å². The van der Waals surface area contributed by atoms with Crippen LogP contribution in [0.25, 0.3) is 11.3 Å². The molecule has 3 aromatic rings. The highest BCUT2D eigenvalue weighted by Gasteiger charge is 2.25.